The smallest absolute Gasteiger partial charge is 0.347 e. The van der Waals surface area contributed by atoms with Crippen LogP contribution in [0, 0.1) is 6.92 Å². The fourth-order valence-corrected chi connectivity index (χ4v) is 3.26. The van der Waals surface area contributed by atoms with Crippen LogP contribution in [0.2, 0.25) is 0 Å². The zero-order valence-corrected chi connectivity index (χ0v) is 12.9. The van der Waals surface area contributed by atoms with Gasteiger partial charge in [0.25, 0.3) is 5.91 Å². The number of thiazole rings is 2. The Morgan fingerprint density at radius 1 is 1.38 bits per heavy atom. The normalized spacial score (nSPS) is 10.6. The molecule has 7 nitrogen and oxygen atoms in total. The van der Waals surface area contributed by atoms with Crippen LogP contribution in [0.1, 0.15) is 35.9 Å². The quantitative estimate of drug-likeness (QED) is 0.730. The molecule has 0 bridgehead atoms. The van der Waals surface area contributed by atoms with Crippen LogP contribution < -0.4 is 11.1 Å². The summed E-state index contributed by atoms with van der Waals surface area (Å²) >= 11 is 2.45. The Bertz CT molecular complexity index is 665. The molecule has 0 fully saturated rings. The first-order valence-corrected chi connectivity index (χ1v) is 7.83. The van der Waals surface area contributed by atoms with Gasteiger partial charge < -0.3 is 16.2 Å². The topological polar surface area (TPSA) is 118 Å². The Kier molecular flexibility index (Phi) is 4.99. The average Bonchev–Trinajstić information content (AvgIpc) is 3.03. The molecule has 2 rings (SSSR count). The molecule has 112 valence electrons. The molecule has 0 spiro atoms. The zero-order chi connectivity index (χ0) is 15.4. The molecule has 9 heteroatoms. The Morgan fingerprint density at radius 3 is 2.76 bits per heavy atom. The number of hydrogen-bond donors (Lipinski definition) is 3. The van der Waals surface area contributed by atoms with Crippen molar-refractivity contribution in [1.82, 2.24) is 15.3 Å². The fraction of sp³-hybridized carbons (Fsp3) is 0.333. The highest BCUT2D eigenvalue weighted by Crippen LogP contribution is 2.18. The van der Waals surface area contributed by atoms with E-state index in [4.69, 9.17) is 10.8 Å². The molecule has 0 aromatic carbocycles. The van der Waals surface area contributed by atoms with Crippen LogP contribution in [0.5, 0.6) is 0 Å². The highest BCUT2D eigenvalue weighted by atomic mass is 32.1. The van der Waals surface area contributed by atoms with Gasteiger partial charge in [0.2, 0.25) is 0 Å². The van der Waals surface area contributed by atoms with E-state index in [0.717, 1.165) is 16.3 Å². The molecule has 0 saturated carbocycles. The Balaban J connectivity index is 1.97. The molecule has 0 unspecified atom stereocenters. The van der Waals surface area contributed by atoms with Crippen LogP contribution in [0.25, 0.3) is 0 Å². The number of amides is 1. The molecular formula is C12H14N4O3S2. The van der Waals surface area contributed by atoms with Gasteiger partial charge in [0.15, 0.2) is 0 Å². The third kappa shape index (κ3) is 3.84. The molecule has 2 heterocycles. The summed E-state index contributed by atoms with van der Waals surface area (Å²) in [6, 6.07) is 0. The third-order valence-corrected chi connectivity index (χ3v) is 4.63. The number of rotatable bonds is 6. The standard InChI is InChI=1S/C12H14N4O3S2/c1-6-10(12(18)19)21-9(15-6)4-14-11(17)7-5-20-8(16-7)2-3-13/h5H,2-4,13H2,1H3,(H,14,17)(H,18,19). The van der Waals surface area contributed by atoms with Crippen molar-refractivity contribution in [3.05, 3.63) is 31.7 Å². The molecule has 0 aliphatic heterocycles. The molecule has 1 amide bonds. The monoisotopic (exact) mass is 326 g/mol. The molecule has 4 N–H and O–H groups in total. The van der Waals surface area contributed by atoms with E-state index < -0.39 is 5.97 Å². The molecule has 21 heavy (non-hydrogen) atoms. The van der Waals surface area contributed by atoms with E-state index in [1.807, 2.05) is 0 Å². The summed E-state index contributed by atoms with van der Waals surface area (Å²) in [6.45, 7) is 2.30. The SMILES string of the molecule is Cc1nc(CNC(=O)c2csc(CCN)n2)sc1C(=O)O. The number of carbonyl (C=O) groups is 2. The molecule has 0 aliphatic carbocycles. The van der Waals surface area contributed by atoms with Gasteiger partial charge in [-0.1, -0.05) is 0 Å². The first-order chi connectivity index (χ1) is 10.0. The van der Waals surface area contributed by atoms with Crippen molar-refractivity contribution in [1.29, 1.82) is 0 Å². The van der Waals surface area contributed by atoms with Crippen LogP contribution in [-0.4, -0.2) is 33.5 Å². The predicted octanol–water partition coefficient (Wildman–Crippen LogP) is 1.04. The van der Waals surface area contributed by atoms with E-state index in [2.05, 4.69) is 15.3 Å². The Morgan fingerprint density at radius 2 is 2.14 bits per heavy atom. The van der Waals surface area contributed by atoms with Crippen LogP contribution in [0.3, 0.4) is 0 Å². The second kappa shape index (κ2) is 6.74. The van der Waals surface area contributed by atoms with Crippen molar-refractivity contribution in [2.45, 2.75) is 19.9 Å². The minimum atomic E-state index is -1.01. The number of aromatic carboxylic acids is 1. The van der Waals surface area contributed by atoms with E-state index in [0.29, 0.717) is 29.4 Å². The number of carboxylic acid groups (broad SMARTS) is 1. The molecule has 0 radical (unpaired) electrons. The minimum absolute atomic E-state index is 0.182. The van der Waals surface area contributed by atoms with Crippen molar-refractivity contribution in [3.63, 3.8) is 0 Å². The Hall–Kier alpha value is -1.84. The number of carboxylic acids is 1. The van der Waals surface area contributed by atoms with Gasteiger partial charge in [0, 0.05) is 11.8 Å². The summed E-state index contributed by atoms with van der Waals surface area (Å²) in [6.07, 6.45) is 0.644. The minimum Gasteiger partial charge on any atom is -0.477 e. The van der Waals surface area contributed by atoms with Crippen LogP contribution in [0.4, 0.5) is 0 Å². The van der Waals surface area contributed by atoms with Crippen LogP contribution in [0.15, 0.2) is 5.38 Å². The summed E-state index contributed by atoms with van der Waals surface area (Å²) in [5.74, 6) is -1.31. The lowest BCUT2D eigenvalue weighted by molar-refractivity contribution is 0.0701. The van der Waals surface area contributed by atoms with Gasteiger partial charge in [-0.15, -0.1) is 22.7 Å². The van der Waals surface area contributed by atoms with Gasteiger partial charge in [-0.25, -0.2) is 14.8 Å². The van der Waals surface area contributed by atoms with Gasteiger partial charge >= 0.3 is 5.97 Å². The lowest BCUT2D eigenvalue weighted by Crippen LogP contribution is -2.23. The van der Waals surface area contributed by atoms with Crippen molar-refractivity contribution in [3.8, 4) is 0 Å². The molecule has 0 saturated heterocycles. The number of nitrogens with zero attached hydrogens (tertiary/aromatic N) is 2. The molecule has 0 atom stereocenters. The maximum atomic E-state index is 11.9. The lowest BCUT2D eigenvalue weighted by atomic mass is 10.4. The van der Waals surface area contributed by atoms with Crippen LogP contribution in [-0.2, 0) is 13.0 Å². The Labute approximate surface area is 128 Å². The second-order valence-electron chi connectivity index (χ2n) is 4.18. The first-order valence-electron chi connectivity index (χ1n) is 6.13. The van der Waals surface area contributed by atoms with Crippen molar-refractivity contribution < 1.29 is 14.7 Å². The maximum absolute atomic E-state index is 11.9. The zero-order valence-electron chi connectivity index (χ0n) is 11.3. The highest BCUT2D eigenvalue weighted by Gasteiger charge is 2.15. The largest absolute Gasteiger partial charge is 0.477 e. The summed E-state index contributed by atoms with van der Waals surface area (Å²) in [5, 5.41) is 14.7. The van der Waals surface area contributed by atoms with E-state index in [-0.39, 0.29) is 17.3 Å². The first kappa shape index (κ1) is 15.5. The molecule has 2 aromatic rings. The maximum Gasteiger partial charge on any atom is 0.347 e. The highest BCUT2D eigenvalue weighted by molar-refractivity contribution is 7.13. The summed E-state index contributed by atoms with van der Waals surface area (Å²) in [7, 11) is 0. The molecule has 0 aliphatic rings. The molecule has 2 aromatic heterocycles. The van der Waals surface area contributed by atoms with Crippen molar-refractivity contribution >= 4 is 34.6 Å². The number of hydrogen-bond acceptors (Lipinski definition) is 7. The summed E-state index contributed by atoms with van der Waals surface area (Å²) in [4.78, 5) is 31.3. The number of nitrogens with two attached hydrogens (primary N) is 1. The van der Waals surface area contributed by atoms with Crippen molar-refractivity contribution in [2.75, 3.05) is 6.54 Å². The van der Waals surface area contributed by atoms with E-state index in [1.165, 1.54) is 11.3 Å². The van der Waals surface area contributed by atoms with Gasteiger partial charge in [-0.3, -0.25) is 4.79 Å². The van der Waals surface area contributed by atoms with E-state index >= 15 is 0 Å². The van der Waals surface area contributed by atoms with Crippen LogP contribution >= 0.6 is 22.7 Å². The summed E-state index contributed by atoms with van der Waals surface area (Å²) in [5.41, 5.74) is 6.23. The summed E-state index contributed by atoms with van der Waals surface area (Å²) < 4.78 is 0. The van der Waals surface area contributed by atoms with Gasteiger partial charge in [-0.2, -0.15) is 0 Å². The van der Waals surface area contributed by atoms with E-state index in [9.17, 15) is 9.59 Å². The van der Waals surface area contributed by atoms with Gasteiger partial charge in [0.05, 0.1) is 17.2 Å². The molecular weight excluding hydrogens is 312 g/mol. The fourth-order valence-electron chi connectivity index (χ4n) is 1.63. The average molecular weight is 326 g/mol. The lowest BCUT2D eigenvalue weighted by Gasteiger charge is -1.99. The van der Waals surface area contributed by atoms with E-state index in [1.54, 1.807) is 12.3 Å². The van der Waals surface area contributed by atoms with Crippen molar-refractivity contribution in [2.24, 2.45) is 5.73 Å². The van der Waals surface area contributed by atoms with Gasteiger partial charge in [-0.05, 0) is 13.5 Å². The van der Waals surface area contributed by atoms with Gasteiger partial charge in [0.1, 0.15) is 15.6 Å². The predicted molar refractivity (Wildman–Crippen MR) is 79.9 cm³/mol. The number of aromatic nitrogens is 2. The number of nitrogens with one attached hydrogen (secondary N) is 1. The third-order valence-electron chi connectivity index (χ3n) is 2.58. The second-order valence-corrected chi connectivity index (χ2v) is 6.20. The number of aryl methyl sites for hydroxylation is 1. The number of carbonyl (C=O) groups excluding carboxylic acids is 1.